The summed E-state index contributed by atoms with van der Waals surface area (Å²) in [4.78, 5) is 26.8. The first-order chi connectivity index (χ1) is 21.8. The first kappa shape index (κ1) is 30.5. The minimum Gasteiger partial charge on any atom is -0.493 e. The van der Waals surface area contributed by atoms with E-state index in [2.05, 4.69) is 28.0 Å². The van der Waals surface area contributed by atoms with Gasteiger partial charge >= 0.3 is 0 Å². The largest absolute Gasteiger partial charge is 0.493 e. The number of hydrogen-bond donors (Lipinski definition) is 2. The molecule has 4 aliphatic carbocycles. The van der Waals surface area contributed by atoms with Gasteiger partial charge in [0.15, 0.2) is 24.7 Å². The lowest BCUT2D eigenvalue weighted by Gasteiger charge is -2.57. The van der Waals surface area contributed by atoms with E-state index < -0.39 is 0 Å². The molecule has 2 amide bonds. The fraction of sp³-hybridized carbons (Fsp3) is 0.417. The van der Waals surface area contributed by atoms with E-state index in [1.165, 1.54) is 57.4 Å². The number of nitrogens with one attached hydrogen (secondary N) is 2. The lowest BCUT2D eigenvalue weighted by molar-refractivity contribution is -0.123. The zero-order valence-corrected chi connectivity index (χ0v) is 26.3. The number of carbonyl (C=O) groups excluding carboxylic acids is 2. The van der Waals surface area contributed by atoms with E-state index in [1.807, 2.05) is 49.3 Å². The molecule has 0 radical (unpaired) electrons. The first-order valence-corrected chi connectivity index (χ1v) is 15.7. The van der Waals surface area contributed by atoms with Crippen molar-refractivity contribution < 1.29 is 23.8 Å². The van der Waals surface area contributed by atoms with Crippen LogP contribution in [0, 0.1) is 17.8 Å². The van der Waals surface area contributed by atoms with Crippen molar-refractivity contribution >= 4 is 29.4 Å². The molecule has 0 unspecified atom stereocenters. The molecule has 3 aromatic carbocycles. The third-order valence-corrected chi connectivity index (χ3v) is 9.47. The lowest BCUT2D eigenvalue weighted by atomic mass is 9.48. The third-order valence-electron chi connectivity index (χ3n) is 9.47. The minimum absolute atomic E-state index is 0.159. The highest BCUT2D eigenvalue weighted by atomic mass is 16.5. The monoisotopic (exact) mass is 610 g/mol. The van der Waals surface area contributed by atoms with E-state index in [4.69, 9.17) is 14.2 Å². The van der Waals surface area contributed by atoms with Gasteiger partial charge in [0, 0.05) is 31.5 Å². The van der Waals surface area contributed by atoms with E-state index in [1.54, 1.807) is 24.3 Å². The molecule has 0 saturated heterocycles. The second-order valence-electron chi connectivity index (χ2n) is 13.0. The fourth-order valence-electron chi connectivity index (χ4n) is 7.81. The summed E-state index contributed by atoms with van der Waals surface area (Å²) in [6.07, 6.45) is 9.74. The number of hydrazone groups is 1. The van der Waals surface area contributed by atoms with Crippen molar-refractivity contribution in [1.82, 2.24) is 5.43 Å². The van der Waals surface area contributed by atoms with Gasteiger partial charge in [0.25, 0.3) is 11.8 Å². The summed E-state index contributed by atoms with van der Waals surface area (Å²) in [5.74, 6) is 3.53. The van der Waals surface area contributed by atoms with E-state index in [0.717, 1.165) is 29.1 Å². The number of carbonyl (C=O) groups is 2. The molecule has 9 nitrogen and oxygen atoms in total. The lowest BCUT2D eigenvalue weighted by Crippen LogP contribution is -2.48. The Bertz CT molecular complexity index is 1520. The molecular weight excluding hydrogens is 568 g/mol. The molecule has 0 aromatic heterocycles. The molecular formula is C36H42N4O5. The topological polar surface area (TPSA) is 101 Å². The Balaban J connectivity index is 0.966. The van der Waals surface area contributed by atoms with Crippen LogP contribution in [0.2, 0.25) is 0 Å². The van der Waals surface area contributed by atoms with E-state index in [-0.39, 0.29) is 25.0 Å². The number of ether oxygens (including phenoxy) is 3. The van der Waals surface area contributed by atoms with Crippen molar-refractivity contribution in [3.8, 4) is 17.2 Å². The molecule has 4 fully saturated rings. The fourth-order valence-corrected chi connectivity index (χ4v) is 7.81. The second kappa shape index (κ2) is 13.2. The number of nitrogens with zero attached hydrogens (tertiary/aromatic N) is 2. The Morgan fingerprint density at radius 2 is 1.56 bits per heavy atom. The molecule has 2 N–H and O–H groups in total. The standard InChI is InChI=1S/C36H42N4O5/c1-40(2)30-5-4-6-31(17-30)44-23-35(42)39-37-21-24-7-12-32(33(16-24)43-3)45-22-34(41)38-29-10-8-28(9-11-29)36-18-25-13-26(19-36)15-27(14-25)20-36/h4-12,16-17,21,25-27H,13-15,18-20,22-23H2,1-3H3,(H,38,41)(H,39,42)/b37-21+. The summed E-state index contributed by atoms with van der Waals surface area (Å²) >= 11 is 0. The van der Waals surface area contributed by atoms with Gasteiger partial charge < -0.3 is 24.4 Å². The highest BCUT2D eigenvalue weighted by Gasteiger charge is 2.51. The van der Waals surface area contributed by atoms with Crippen molar-refractivity contribution in [2.24, 2.45) is 22.9 Å². The van der Waals surface area contributed by atoms with Crippen molar-refractivity contribution in [2.45, 2.75) is 43.9 Å². The molecule has 7 rings (SSSR count). The van der Waals surface area contributed by atoms with Crippen molar-refractivity contribution in [3.63, 3.8) is 0 Å². The number of hydrogen-bond acceptors (Lipinski definition) is 7. The molecule has 236 valence electrons. The van der Waals surface area contributed by atoms with Gasteiger partial charge in [0.1, 0.15) is 5.75 Å². The summed E-state index contributed by atoms with van der Waals surface area (Å²) in [5.41, 5.74) is 6.66. The summed E-state index contributed by atoms with van der Waals surface area (Å²) < 4.78 is 16.8. The van der Waals surface area contributed by atoms with E-state index >= 15 is 0 Å². The Hall–Kier alpha value is -4.53. The summed E-state index contributed by atoms with van der Waals surface area (Å²) in [7, 11) is 5.40. The van der Waals surface area contributed by atoms with Gasteiger partial charge in [-0.05, 0) is 115 Å². The average Bonchev–Trinajstić information content (AvgIpc) is 3.03. The summed E-state index contributed by atoms with van der Waals surface area (Å²) in [6, 6.07) is 21.1. The van der Waals surface area contributed by atoms with Gasteiger partial charge in [0.2, 0.25) is 0 Å². The van der Waals surface area contributed by atoms with Gasteiger partial charge in [-0.3, -0.25) is 9.59 Å². The van der Waals surface area contributed by atoms with Crippen LogP contribution in [-0.2, 0) is 15.0 Å². The number of rotatable bonds is 12. The van der Waals surface area contributed by atoms with Gasteiger partial charge in [-0.1, -0.05) is 18.2 Å². The minimum atomic E-state index is -0.387. The maximum Gasteiger partial charge on any atom is 0.277 e. The molecule has 3 aromatic rings. The zero-order valence-electron chi connectivity index (χ0n) is 26.3. The van der Waals surface area contributed by atoms with Crippen LogP contribution in [0.15, 0.2) is 71.8 Å². The van der Waals surface area contributed by atoms with Gasteiger partial charge in [-0.2, -0.15) is 5.10 Å². The smallest absolute Gasteiger partial charge is 0.277 e. The highest BCUT2D eigenvalue weighted by Crippen LogP contribution is 2.60. The second-order valence-corrected chi connectivity index (χ2v) is 13.0. The normalized spacial score (nSPS) is 23.0. The number of methoxy groups -OCH3 is 1. The van der Waals surface area contributed by atoms with Crippen LogP contribution in [0.4, 0.5) is 11.4 Å². The molecule has 4 bridgehead atoms. The summed E-state index contributed by atoms with van der Waals surface area (Å²) in [6.45, 7) is -0.327. The molecule has 0 atom stereocenters. The van der Waals surface area contributed by atoms with Crippen LogP contribution in [0.3, 0.4) is 0 Å². The van der Waals surface area contributed by atoms with Crippen LogP contribution in [0.5, 0.6) is 17.2 Å². The number of amides is 2. The Kier molecular flexibility index (Phi) is 8.96. The predicted molar refractivity (Wildman–Crippen MR) is 175 cm³/mol. The third kappa shape index (κ3) is 7.24. The highest BCUT2D eigenvalue weighted by molar-refractivity contribution is 5.92. The Labute approximate surface area is 264 Å². The first-order valence-electron chi connectivity index (χ1n) is 15.7. The molecule has 4 aliphatic rings. The van der Waals surface area contributed by atoms with E-state index in [9.17, 15) is 9.59 Å². The van der Waals surface area contributed by atoms with Gasteiger partial charge in [0.05, 0.1) is 13.3 Å². The van der Waals surface area contributed by atoms with Crippen molar-refractivity contribution in [3.05, 3.63) is 77.9 Å². The van der Waals surface area contributed by atoms with E-state index in [0.29, 0.717) is 28.2 Å². The number of anilines is 2. The van der Waals surface area contributed by atoms with Crippen LogP contribution < -0.4 is 29.9 Å². The maximum absolute atomic E-state index is 12.7. The molecule has 0 spiro atoms. The van der Waals surface area contributed by atoms with Crippen LogP contribution in [0.1, 0.15) is 49.7 Å². The molecule has 0 heterocycles. The van der Waals surface area contributed by atoms with Crippen LogP contribution in [-0.4, -0.2) is 52.4 Å². The molecule has 0 aliphatic heterocycles. The molecule has 9 heteroatoms. The van der Waals surface area contributed by atoms with Crippen LogP contribution in [0.25, 0.3) is 0 Å². The Morgan fingerprint density at radius 1 is 0.867 bits per heavy atom. The van der Waals surface area contributed by atoms with Gasteiger partial charge in [-0.15, -0.1) is 0 Å². The van der Waals surface area contributed by atoms with Gasteiger partial charge in [-0.25, -0.2) is 5.43 Å². The predicted octanol–water partition coefficient (Wildman–Crippen LogP) is 5.78. The molecule has 45 heavy (non-hydrogen) atoms. The van der Waals surface area contributed by atoms with Crippen molar-refractivity contribution in [2.75, 3.05) is 44.6 Å². The van der Waals surface area contributed by atoms with Crippen LogP contribution >= 0.6 is 0 Å². The molecule has 4 saturated carbocycles. The Morgan fingerprint density at radius 3 is 2.22 bits per heavy atom. The SMILES string of the molecule is COc1cc(/C=N/NC(=O)COc2cccc(N(C)C)c2)ccc1OCC(=O)Nc1ccc(C23CC4CC(CC(C4)C2)C3)cc1. The van der Waals surface area contributed by atoms with Crippen molar-refractivity contribution in [1.29, 1.82) is 0 Å². The average molecular weight is 611 g/mol. The zero-order chi connectivity index (χ0) is 31.4. The summed E-state index contributed by atoms with van der Waals surface area (Å²) in [5, 5.41) is 6.96. The quantitative estimate of drug-likeness (QED) is 0.199. The maximum atomic E-state index is 12.7. The number of benzene rings is 3.